The molecule has 0 aromatic heterocycles. The van der Waals surface area contributed by atoms with Crippen molar-refractivity contribution in [1.82, 2.24) is 0 Å². The maximum absolute atomic E-state index is 6.06. The first-order chi connectivity index (χ1) is 18.0. The van der Waals surface area contributed by atoms with Crippen molar-refractivity contribution in [2.24, 2.45) is 0 Å². The van der Waals surface area contributed by atoms with E-state index in [-0.39, 0.29) is 5.41 Å². The van der Waals surface area contributed by atoms with Crippen molar-refractivity contribution in [2.45, 2.75) is 57.8 Å². The minimum Gasteiger partial charge on any atom is -0.457 e. The van der Waals surface area contributed by atoms with Crippen molar-refractivity contribution in [2.75, 3.05) is 11.5 Å². The number of benzene rings is 4. The fourth-order valence-electron chi connectivity index (χ4n) is 5.00. The van der Waals surface area contributed by atoms with Crippen LogP contribution in [0.5, 0.6) is 23.0 Å². The van der Waals surface area contributed by atoms with E-state index in [0.717, 1.165) is 53.6 Å². The summed E-state index contributed by atoms with van der Waals surface area (Å²) in [7, 11) is 0. The first-order valence-electron chi connectivity index (χ1n) is 13.3. The van der Waals surface area contributed by atoms with Crippen LogP contribution < -0.4 is 20.9 Å². The Hall–Kier alpha value is -3.92. The minimum atomic E-state index is -0.0661. The van der Waals surface area contributed by atoms with Crippen LogP contribution in [0, 0.1) is 0 Å². The Morgan fingerprint density at radius 3 is 1.22 bits per heavy atom. The fraction of sp³-hybridized carbons (Fsp3) is 0.273. The van der Waals surface area contributed by atoms with Crippen LogP contribution in [-0.2, 0) is 5.41 Å². The Kier molecular flexibility index (Phi) is 8.73. The standard InChI is InChI=1S/C33H38N2O2/c1-3-5-6-24-33(23-4-2,25-7-15-29(16-8-25)36-31-19-11-27(34)12-20-31)26-9-17-30(18-10-26)37-32-21-13-28(35)14-22-32/h7-22H,3-6,23-24,34-35H2,1-2H3. The zero-order valence-electron chi connectivity index (χ0n) is 22.0. The molecule has 0 aliphatic rings. The lowest BCUT2D eigenvalue weighted by molar-refractivity contribution is 0.408. The molecule has 4 heteroatoms. The van der Waals surface area contributed by atoms with E-state index in [4.69, 9.17) is 20.9 Å². The van der Waals surface area contributed by atoms with Crippen molar-refractivity contribution in [3.63, 3.8) is 0 Å². The monoisotopic (exact) mass is 494 g/mol. The predicted molar refractivity (Wildman–Crippen MR) is 155 cm³/mol. The topological polar surface area (TPSA) is 70.5 Å². The number of anilines is 2. The van der Waals surface area contributed by atoms with E-state index in [0.29, 0.717) is 0 Å². The number of ether oxygens (including phenoxy) is 2. The maximum atomic E-state index is 6.06. The molecule has 192 valence electrons. The first-order valence-corrected chi connectivity index (χ1v) is 13.3. The lowest BCUT2D eigenvalue weighted by atomic mass is 9.68. The number of nitrogen functional groups attached to an aromatic ring is 2. The molecule has 0 saturated carbocycles. The van der Waals surface area contributed by atoms with Crippen LogP contribution in [0.4, 0.5) is 11.4 Å². The van der Waals surface area contributed by atoms with Crippen molar-refractivity contribution in [1.29, 1.82) is 0 Å². The normalized spacial score (nSPS) is 11.3. The molecule has 0 aliphatic heterocycles. The second kappa shape index (κ2) is 12.4. The Balaban J connectivity index is 1.61. The summed E-state index contributed by atoms with van der Waals surface area (Å²) in [5.74, 6) is 3.20. The second-order valence-electron chi connectivity index (χ2n) is 9.68. The van der Waals surface area contributed by atoms with Crippen LogP contribution in [0.1, 0.15) is 63.5 Å². The molecule has 0 radical (unpaired) electrons. The molecule has 0 unspecified atom stereocenters. The maximum Gasteiger partial charge on any atom is 0.127 e. The molecule has 0 fully saturated rings. The third-order valence-electron chi connectivity index (χ3n) is 6.93. The fourth-order valence-corrected chi connectivity index (χ4v) is 5.00. The van der Waals surface area contributed by atoms with Gasteiger partial charge in [-0.3, -0.25) is 0 Å². The minimum absolute atomic E-state index is 0.0661. The van der Waals surface area contributed by atoms with Crippen LogP contribution in [0.15, 0.2) is 97.1 Å². The summed E-state index contributed by atoms with van der Waals surface area (Å²) in [6, 6.07) is 32.2. The van der Waals surface area contributed by atoms with Gasteiger partial charge in [0.25, 0.3) is 0 Å². The molecule has 0 bridgehead atoms. The highest BCUT2D eigenvalue weighted by Crippen LogP contribution is 2.43. The van der Waals surface area contributed by atoms with E-state index in [9.17, 15) is 0 Å². The number of rotatable bonds is 12. The zero-order valence-corrected chi connectivity index (χ0v) is 22.0. The summed E-state index contributed by atoms with van der Waals surface area (Å²) in [6.45, 7) is 4.53. The average Bonchev–Trinajstić information content (AvgIpc) is 2.92. The highest BCUT2D eigenvalue weighted by Gasteiger charge is 2.33. The number of unbranched alkanes of at least 4 members (excludes halogenated alkanes) is 2. The molecular formula is C33H38N2O2. The highest BCUT2D eigenvalue weighted by atomic mass is 16.5. The van der Waals surface area contributed by atoms with Gasteiger partial charge in [0.05, 0.1) is 0 Å². The molecule has 4 nitrogen and oxygen atoms in total. The van der Waals surface area contributed by atoms with E-state index in [1.165, 1.54) is 30.4 Å². The molecule has 37 heavy (non-hydrogen) atoms. The van der Waals surface area contributed by atoms with Gasteiger partial charge >= 0.3 is 0 Å². The summed E-state index contributed by atoms with van der Waals surface area (Å²) in [5, 5.41) is 0. The van der Waals surface area contributed by atoms with E-state index in [1.54, 1.807) is 0 Å². The van der Waals surface area contributed by atoms with Crippen LogP contribution in [0.2, 0.25) is 0 Å². The Bertz CT molecular complexity index is 1140. The number of hydrogen-bond acceptors (Lipinski definition) is 4. The summed E-state index contributed by atoms with van der Waals surface area (Å²) in [6.07, 6.45) is 6.88. The number of hydrogen-bond donors (Lipinski definition) is 2. The third kappa shape index (κ3) is 6.65. The molecule has 0 spiro atoms. The highest BCUT2D eigenvalue weighted by molar-refractivity contribution is 5.47. The van der Waals surface area contributed by atoms with Crippen molar-refractivity contribution in [3.8, 4) is 23.0 Å². The van der Waals surface area contributed by atoms with Crippen molar-refractivity contribution < 1.29 is 9.47 Å². The van der Waals surface area contributed by atoms with Gasteiger partial charge in [0.2, 0.25) is 0 Å². The molecule has 0 aliphatic carbocycles. The van der Waals surface area contributed by atoms with Gasteiger partial charge in [-0.1, -0.05) is 63.8 Å². The molecule has 4 aromatic rings. The lowest BCUT2D eigenvalue weighted by Crippen LogP contribution is -2.28. The summed E-state index contributed by atoms with van der Waals surface area (Å²) >= 11 is 0. The summed E-state index contributed by atoms with van der Waals surface area (Å²) in [4.78, 5) is 0. The van der Waals surface area contributed by atoms with Gasteiger partial charge in [0, 0.05) is 16.8 Å². The van der Waals surface area contributed by atoms with E-state index < -0.39 is 0 Å². The lowest BCUT2D eigenvalue weighted by Gasteiger charge is -2.36. The van der Waals surface area contributed by atoms with Crippen molar-refractivity contribution in [3.05, 3.63) is 108 Å². The quantitative estimate of drug-likeness (QED) is 0.152. The largest absolute Gasteiger partial charge is 0.457 e. The van der Waals surface area contributed by atoms with Crippen LogP contribution in [0.3, 0.4) is 0 Å². The summed E-state index contributed by atoms with van der Waals surface area (Å²) < 4.78 is 12.1. The average molecular weight is 495 g/mol. The Morgan fingerprint density at radius 1 is 0.486 bits per heavy atom. The molecule has 4 aromatic carbocycles. The Labute approximate surface area is 221 Å². The van der Waals surface area contributed by atoms with Crippen LogP contribution in [0.25, 0.3) is 0 Å². The smallest absolute Gasteiger partial charge is 0.127 e. The predicted octanol–water partition coefficient (Wildman–Crippen LogP) is 9.10. The van der Waals surface area contributed by atoms with Gasteiger partial charge < -0.3 is 20.9 Å². The van der Waals surface area contributed by atoms with Gasteiger partial charge in [0.15, 0.2) is 0 Å². The van der Waals surface area contributed by atoms with Gasteiger partial charge in [-0.2, -0.15) is 0 Å². The third-order valence-corrected chi connectivity index (χ3v) is 6.93. The molecule has 4 rings (SSSR count). The van der Waals surface area contributed by atoms with Crippen molar-refractivity contribution >= 4 is 11.4 Å². The SMILES string of the molecule is CCCCCC(CCC)(c1ccc(Oc2ccc(N)cc2)cc1)c1ccc(Oc2ccc(N)cc2)cc1. The molecule has 0 amide bonds. The van der Waals surface area contributed by atoms with Gasteiger partial charge in [-0.15, -0.1) is 0 Å². The zero-order chi connectivity index (χ0) is 26.1. The molecule has 0 heterocycles. The van der Waals surface area contributed by atoms with Gasteiger partial charge in [0.1, 0.15) is 23.0 Å². The Morgan fingerprint density at radius 2 is 0.865 bits per heavy atom. The number of nitrogens with two attached hydrogens (primary N) is 2. The first kappa shape index (κ1) is 26.2. The summed E-state index contributed by atoms with van der Waals surface area (Å²) in [5.41, 5.74) is 15.6. The van der Waals surface area contributed by atoms with E-state index in [2.05, 4.69) is 62.4 Å². The van der Waals surface area contributed by atoms with Crippen LogP contribution >= 0.6 is 0 Å². The molecular weight excluding hydrogens is 456 g/mol. The van der Waals surface area contributed by atoms with E-state index in [1.807, 2.05) is 48.5 Å². The van der Waals surface area contributed by atoms with Gasteiger partial charge in [-0.05, 0) is 96.8 Å². The van der Waals surface area contributed by atoms with Gasteiger partial charge in [-0.25, -0.2) is 0 Å². The van der Waals surface area contributed by atoms with Crippen LogP contribution in [-0.4, -0.2) is 0 Å². The molecule has 0 saturated heterocycles. The molecule has 4 N–H and O–H groups in total. The molecule has 0 atom stereocenters. The van der Waals surface area contributed by atoms with E-state index >= 15 is 0 Å². The second-order valence-corrected chi connectivity index (χ2v) is 9.68.